The van der Waals surface area contributed by atoms with Gasteiger partial charge in [-0.3, -0.25) is 14.4 Å². The average molecular weight is 289 g/mol. The van der Waals surface area contributed by atoms with E-state index in [1.807, 2.05) is 0 Å². The molecule has 0 aliphatic heterocycles. The van der Waals surface area contributed by atoms with E-state index in [4.69, 9.17) is 5.73 Å². The van der Waals surface area contributed by atoms with Crippen LogP contribution in [0.1, 0.15) is 29.6 Å². The normalized spacial score (nSPS) is 15.0. The first-order valence-corrected chi connectivity index (χ1v) is 6.98. The highest BCUT2D eigenvalue weighted by Gasteiger charge is 2.29. The zero-order valence-corrected chi connectivity index (χ0v) is 11.7. The highest BCUT2D eigenvalue weighted by Crippen LogP contribution is 2.33. The van der Waals surface area contributed by atoms with Crippen LogP contribution in [-0.2, 0) is 9.59 Å². The summed E-state index contributed by atoms with van der Waals surface area (Å²) in [6.07, 6.45) is 2.72. The van der Waals surface area contributed by atoms with E-state index >= 15 is 0 Å². The van der Waals surface area contributed by atoms with Crippen molar-refractivity contribution in [3.8, 4) is 0 Å². The number of nitrogens with two attached hydrogens (primary N) is 1. The number of carbonyl (C=O) groups is 3. The van der Waals surface area contributed by atoms with Crippen LogP contribution in [0.15, 0.2) is 30.3 Å². The number of hydrogen-bond donors (Lipinski definition) is 3. The lowest BCUT2D eigenvalue weighted by Crippen LogP contribution is -2.48. The van der Waals surface area contributed by atoms with Gasteiger partial charge in [0, 0.05) is 5.56 Å². The van der Waals surface area contributed by atoms with Crippen molar-refractivity contribution in [2.24, 2.45) is 11.7 Å². The van der Waals surface area contributed by atoms with Gasteiger partial charge in [-0.05, 0) is 24.5 Å². The van der Waals surface area contributed by atoms with Gasteiger partial charge in [0.2, 0.25) is 11.8 Å². The van der Waals surface area contributed by atoms with Crippen molar-refractivity contribution in [3.05, 3.63) is 35.9 Å². The van der Waals surface area contributed by atoms with Gasteiger partial charge < -0.3 is 16.4 Å². The number of benzene rings is 1. The molecule has 21 heavy (non-hydrogen) atoms. The summed E-state index contributed by atoms with van der Waals surface area (Å²) in [6.45, 7) is -0.178. The summed E-state index contributed by atoms with van der Waals surface area (Å²) in [6, 6.07) is 7.96. The standard InChI is InChI=1S/C15H19N3O3/c16-14(20)12(8-10-6-7-10)18-13(19)9-17-15(21)11-4-2-1-3-5-11/h1-5,10,12H,6-9H2,(H2,16,20)(H,17,21)(H,18,19)/t12-/m1/s1. The van der Waals surface area contributed by atoms with Crippen LogP contribution in [0.5, 0.6) is 0 Å². The molecule has 4 N–H and O–H groups in total. The van der Waals surface area contributed by atoms with E-state index in [9.17, 15) is 14.4 Å². The van der Waals surface area contributed by atoms with Gasteiger partial charge in [-0.25, -0.2) is 0 Å². The number of hydrogen-bond acceptors (Lipinski definition) is 3. The molecule has 0 unspecified atom stereocenters. The smallest absolute Gasteiger partial charge is 0.251 e. The van der Waals surface area contributed by atoms with Crippen molar-refractivity contribution >= 4 is 17.7 Å². The predicted octanol–water partition coefficient (Wildman–Crippen LogP) is 0.187. The third-order valence-electron chi connectivity index (χ3n) is 3.39. The molecule has 0 aromatic heterocycles. The molecule has 6 nitrogen and oxygen atoms in total. The minimum absolute atomic E-state index is 0.178. The van der Waals surface area contributed by atoms with E-state index in [2.05, 4.69) is 10.6 Å². The first kappa shape index (κ1) is 15.0. The second-order valence-electron chi connectivity index (χ2n) is 5.25. The molecular weight excluding hydrogens is 270 g/mol. The Labute approximate surface area is 123 Å². The molecule has 6 heteroatoms. The van der Waals surface area contributed by atoms with Gasteiger partial charge in [-0.15, -0.1) is 0 Å². The second kappa shape index (κ2) is 6.88. The van der Waals surface area contributed by atoms with Gasteiger partial charge in [-0.1, -0.05) is 31.0 Å². The van der Waals surface area contributed by atoms with Gasteiger partial charge in [0.25, 0.3) is 5.91 Å². The van der Waals surface area contributed by atoms with Crippen LogP contribution in [0.4, 0.5) is 0 Å². The Morgan fingerprint density at radius 2 is 1.86 bits per heavy atom. The maximum absolute atomic E-state index is 11.8. The number of nitrogens with one attached hydrogen (secondary N) is 2. The molecule has 1 fully saturated rings. The Morgan fingerprint density at radius 3 is 2.43 bits per heavy atom. The van der Waals surface area contributed by atoms with E-state index in [-0.39, 0.29) is 12.5 Å². The van der Waals surface area contributed by atoms with E-state index in [1.54, 1.807) is 30.3 Å². The minimum Gasteiger partial charge on any atom is -0.368 e. The molecule has 112 valence electrons. The number of amides is 3. The summed E-state index contributed by atoms with van der Waals surface area (Å²) in [4.78, 5) is 34.8. The van der Waals surface area contributed by atoms with Crippen molar-refractivity contribution < 1.29 is 14.4 Å². The molecular formula is C15H19N3O3. The molecule has 0 saturated heterocycles. The molecule has 2 rings (SSSR count). The lowest BCUT2D eigenvalue weighted by atomic mass is 10.1. The van der Waals surface area contributed by atoms with Crippen molar-refractivity contribution in [1.82, 2.24) is 10.6 Å². The van der Waals surface area contributed by atoms with Crippen LogP contribution in [0, 0.1) is 5.92 Å². The van der Waals surface area contributed by atoms with Crippen LogP contribution in [0.25, 0.3) is 0 Å². The Hall–Kier alpha value is -2.37. The van der Waals surface area contributed by atoms with E-state index in [1.165, 1.54) is 0 Å². The molecule has 1 aromatic carbocycles. The van der Waals surface area contributed by atoms with Crippen LogP contribution in [0.2, 0.25) is 0 Å². The van der Waals surface area contributed by atoms with Gasteiger partial charge in [-0.2, -0.15) is 0 Å². The van der Waals surface area contributed by atoms with Crippen molar-refractivity contribution in [2.45, 2.75) is 25.3 Å². The highest BCUT2D eigenvalue weighted by atomic mass is 16.2. The second-order valence-corrected chi connectivity index (χ2v) is 5.25. The van der Waals surface area contributed by atoms with Crippen LogP contribution in [-0.4, -0.2) is 30.3 Å². The van der Waals surface area contributed by atoms with E-state index in [0.717, 1.165) is 12.8 Å². The summed E-state index contributed by atoms with van der Waals surface area (Å²) in [5.74, 6) is -0.807. The number of primary amides is 1. The maximum atomic E-state index is 11.8. The average Bonchev–Trinajstić information content (AvgIpc) is 3.29. The zero-order valence-electron chi connectivity index (χ0n) is 11.7. The molecule has 0 spiro atoms. The third kappa shape index (κ3) is 4.91. The third-order valence-corrected chi connectivity index (χ3v) is 3.39. The highest BCUT2D eigenvalue weighted by molar-refractivity contribution is 5.97. The molecule has 1 saturated carbocycles. The summed E-state index contributed by atoms with van der Waals surface area (Å²) in [5.41, 5.74) is 5.75. The summed E-state index contributed by atoms with van der Waals surface area (Å²) in [7, 11) is 0. The van der Waals surface area contributed by atoms with Crippen LogP contribution < -0.4 is 16.4 Å². The minimum atomic E-state index is -0.654. The summed E-state index contributed by atoms with van der Waals surface area (Å²) < 4.78 is 0. The quantitative estimate of drug-likeness (QED) is 0.667. The van der Waals surface area contributed by atoms with E-state index < -0.39 is 17.9 Å². The first-order chi connectivity index (χ1) is 10.1. The molecule has 0 heterocycles. The fraction of sp³-hybridized carbons (Fsp3) is 0.400. The Bertz CT molecular complexity index is 526. The largest absolute Gasteiger partial charge is 0.368 e. The van der Waals surface area contributed by atoms with Gasteiger partial charge in [0.15, 0.2) is 0 Å². The molecule has 1 aliphatic rings. The molecule has 0 radical (unpaired) electrons. The number of carbonyl (C=O) groups excluding carboxylic acids is 3. The SMILES string of the molecule is NC(=O)[C@@H](CC1CC1)NC(=O)CNC(=O)c1ccccc1. The summed E-state index contributed by atoms with van der Waals surface area (Å²) >= 11 is 0. The van der Waals surface area contributed by atoms with Crippen molar-refractivity contribution in [1.29, 1.82) is 0 Å². The first-order valence-electron chi connectivity index (χ1n) is 6.98. The topological polar surface area (TPSA) is 101 Å². The van der Waals surface area contributed by atoms with E-state index in [0.29, 0.717) is 17.9 Å². The lowest BCUT2D eigenvalue weighted by Gasteiger charge is -2.15. The van der Waals surface area contributed by atoms with Crippen molar-refractivity contribution in [3.63, 3.8) is 0 Å². The molecule has 1 aromatic rings. The molecule has 3 amide bonds. The molecule has 1 atom stereocenters. The van der Waals surface area contributed by atoms with Crippen LogP contribution >= 0.6 is 0 Å². The van der Waals surface area contributed by atoms with Crippen molar-refractivity contribution in [2.75, 3.05) is 6.54 Å². The van der Waals surface area contributed by atoms with Gasteiger partial charge >= 0.3 is 0 Å². The Morgan fingerprint density at radius 1 is 1.19 bits per heavy atom. The molecule has 1 aliphatic carbocycles. The number of rotatable bonds is 7. The fourth-order valence-corrected chi connectivity index (χ4v) is 2.03. The van der Waals surface area contributed by atoms with Crippen LogP contribution in [0.3, 0.4) is 0 Å². The van der Waals surface area contributed by atoms with Gasteiger partial charge in [0.05, 0.1) is 6.54 Å². The maximum Gasteiger partial charge on any atom is 0.251 e. The predicted molar refractivity (Wildman–Crippen MR) is 77.2 cm³/mol. The monoisotopic (exact) mass is 289 g/mol. The molecule has 0 bridgehead atoms. The Balaban J connectivity index is 1.78. The Kier molecular flexibility index (Phi) is 4.92. The van der Waals surface area contributed by atoms with Gasteiger partial charge in [0.1, 0.15) is 6.04 Å². The summed E-state index contributed by atoms with van der Waals surface area (Å²) in [5, 5.41) is 5.08. The lowest BCUT2D eigenvalue weighted by molar-refractivity contribution is -0.127. The zero-order chi connectivity index (χ0) is 15.2. The fourth-order valence-electron chi connectivity index (χ4n) is 2.03.